The van der Waals surface area contributed by atoms with Crippen molar-refractivity contribution in [3.8, 4) is 0 Å². The lowest BCUT2D eigenvalue weighted by atomic mass is 10.1. The maximum Gasteiger partial charge on any atom is 0.265 e. The number of rotatable bonds is 5. The summed E-state index contributed by atoms with van der Waals surface area (Å²) >= 11 is 0. The monoisotopic (exact) mass is 397 g/mol. The fourth-order valence-corrected chi connectivity index (χ4v) is 3.58. The second kappa shape index (κ2) is 8.33. The number of benzene rings is 2. The van der Waals surface area contributed by atoms with Crippen molar-refractivity contribution in [1.82, 2.24) is 9.55 Å². The van der Waals surface area contributed by atoms with E-state index in [2.05, 4.69) is 4.98 Å². The average Bonchev–Trinajstić information content (AvgIpc) is 2.78. The molecular weight excluding hydrogens is 374 g/mol. The van der Waals surface area contributed by atoms with Crippen molar-refractivity contribution in [3.63, 3.8) is 0 Å². The highest BCUT2D eigenvalue weighted by atomic mass is 16.2. The zero-order valence-electron chi connectivity index (χ0n) is 17.1. The fourth-order valence-electron chi connectivity index (χ4n) is 3.58. The summed E-state index contributed by atoms with van der Waals surface area (Å²) in [5.74, 6) is -0.308. The van der Waals surface area contributed by atoms with Gasteiger partial charge in [0.1, 0.15) is 11.2 Å². The van der Waals surface area contributed by atoms with Crippen molar-refractivity contribution in [2.24, 2.45) is 0 Å². The second-order valence-electron chi connectivity index (χ2n) is 7.24. The van der Waals surface area contributed by atoms with Crippen LogP contribution in [0.3, 0.4) is 0 Å². The number of aromatic nitrogens is 2. The summed E-state index contributed by atoms with van der Waals surface area (Å²) in [5.41, 5.74) is 3.28. The van der Waals surface area contributed by atoms with E-state index in [1.807, 2.05) is 80.6 Å². The predicted molar refractivity (Wildman–Crippen MR) is 120 cm³/mol. The summed E-state index contributed by atoms with van der Waals surface area (Å²) in [6.07, 6.45) is 1.66. The first kappa shape index (κ1) is 19.6. The van der Waals surface area contributed by atoms with Crippen molar-refractivity contribution in [3.05, 3.63) is 106 Å². The van der Waals surface area contributed by atoms with Gasteiger partial charge in [-0.3, -0.25) is 14.2 Å². The lowest BCUT2D eigenvalue weighted by Gasteiger charge is -2.21. The summed E-state index contributed by atoms with van der Waals surface area (Å²) in [5, 5.41) is 0.761. The van der Waals surface area contributed by atoms with Crippen LogP contribution < -0.4 is 10.5 Å². The zero-order chi connectivity index (χ0) is 21.1. The molecule has 150 valence electrons. The van der Waals surface area contributed by atoms with Gasteiger partial charge in [0.05, 0.1) is 6.54 Å². The fraction of sp³-hybridized carbons (Fsp3) is 0.160. The molecule has 0 aliphatic heterocycles. The molecule has 0 spiro atoms. The van der Waals surface area contributed by atoms with Gasteiger partial charge in [-0.1, -0.05) is 48.0 Å². The molecule has 0 fully saturated rings. The van der Waals surface area contributed by atoms with Gasteiger partial charge in [-0.2, -0.15) is 0 Å². The number of aryl methyl sites for hydroxylation is 1. The Bertz CT molecular complexity index is 1250. The Labute approximate surface area is 175 Å². The number of hydrogen-bond donors (Lipinski definition) is 0. The summed E-state index contributed by atoms with van der Waals surface area (Å²) in [4.78, 5) is 32.8. The summed E-state index contributed by atoms with van der Waals surface area (Å²) < 4.78 is 1.59. The molecule has 2 aromatic carbocycles. The van der Waals surface area contributed by atoms with Crippen LogP contribution >= 0.6 is 0 Å². The molecule has 30 heavy (non-hydrogen) atoms. The van der Waals surface area contributed by atoms with Gasteiger partial charge in [0.15, 0.2) is 0 Å². The third kappa shape index (κ3) is 3.74. The van der Waals surface area contributed by atoms with E-state index in [-0.39, 0.29) is 17.0 Å². The number of nitrogens with zero attached hydrogens (tertiary/aromatic N) is 3. The minimum atomic E-state index is -0.332. The van der Waals surface area contributed by atoms with Crippen LogP contribution in [0.1, 0.15) is 28.4 Å². The van der Waals surface area contributed by atoms with Gasteiger partial charge in [0, 0.05) is 23.8 Å². The molecule has 5 heteroatoms. The molecule has 0 bridgehead atoms. The lowest BCUT2D eigenvalue weighted by molar-refractivity contribution is 0.0986. The smallest absolute Gasteiger partial charge is 0.265 e. The molecule has 1 amide bonds. The zero-order valence-corrected chi connectivity index (χ0v) is 17.1. The maximum absolute atomic E-state index is 13.4. The third-order valence-corrected chi connectivity index (χ3v) is 5.17. The summed E-state index contributed by atoms with van der Waals surface area (Å²) in [7, 11) is 0. The van der Waals surface area contributed by atoms with Crippen LogP contribution in [0.25, 0.3) is 11.0 Å². The van der Waals surface area contributed by atoms with Crippen LogP contribution in [-0.4, -0.2) is 22.0 Å². The SMILES string of the molecule is CCN(C(=O)c1cc2cccnc2n(Cc2ccc(C)cc2)c1=O)c1ccccc1. The Morgan fingerprint density at radius 2 is 1.73 bits per heavy atom. The molecule has 0 aliphatic rings. The number of amides is 1. The molecule has 4 aromatic rings. The predicted octanol–water partition coefficient (Wildman–Crippen LogP) is 4.42. The molecule has 2 heterocycles. The number of pyridine rings is 2. The largest absolute Gasteiger partial charge is 0.308 e. The molecular formula is C25H23N3O2. The van der Waals surface area contributed by atoms with Gasteiger partial charge in [0.25, 0.3) is 11.5 Å². The Morgan fingerprint density at radius 3 is 2.43 bits per heavy atom. The summed E-state index contributed by atoms with van der Waals surface area (Å²) in [6, 6.07) is 22.8. The van der Waals surface area contributed by atoms with E-state index >= 15 is 0 Å². The average molecular weight is 397 g/mol. The van der Waals surface area contributed by atoms with Gasteiger partial charge in [-0.05, 0) is 49.7 Å². The Morgan fingerprint density at radius 1 is 1.00 bits per heavy atom. The first-order chi connectivity index (χ1) is 14.6. The normalized spacial score (nSPS) is 10.9. The van der Waals surface area contributed by atoms with Crippen LogP contribution in [0, 0.1) is 6.92 Å². The van der Waals surface area contributed by atoms with E-state index in [1.54, 1.807) is 21.7 Å². The standard InChI is InChI=1S/C25H23N3O2/c1-3-27(21-9-5-4-6-10-21)24(29)22-16-20-8-7-15-26-23(20)28(25(22)30)17-19-13-11-18(2)12-14-19/h4-16H,3,17H2,1-2H3. The van der Waals surface area contributed by atoms with E-state index in [9.17, 15) is 9.59 Å². The van der Waals surface area contributed by atoms with Gasteiger partial charge in [0.2, 0.25) is 0 Å². The van der Waals surface area contributed by atoms with Crippen LogP contribution in [0.2, 0.25) is 0 Å². The molecule has 5 nitrogen and oxygen atoms in total. The van der Waals surface area contributed by atoms with Crippen molar-refractivity contribution >= 4 is 22.6 Å². The molecule has 0 aliphatic carbocycles. The highest BCUT2D eigenvalue weighted by molar-refractivity contribution is 6.07. The van der Waals surface area contributed by atoms with Crippen molar-refractivity contribution in [2.45, 2.75) is 20.4 Å². The molecule has 4 rings (SSSR count). The number of carbonyl (C=O) groups is 1. The quantitative estimate of drug-likeness (QED) is 0.501. The Balaban J connectivity index is 1.84. The molecule has 0 unspecified atom stereocenters. The lowest BCUT2D eigenvalue weighted by Crippen LogP contribution is -2.37. The van der Waals surface area contributed by atoms with Crippen molar-refractivity contribution < 1.29 is 4.79 Å². The molecule has 0 saturated heterocycles. The molecule has 0 N–H and O–H groups in total. The third-order valence-electron chi connectivity index (χ3n) is 5.17. The molecule has 0 saturated carbocycles. The molecule has 0 atom stereocenters. The van der Waals surface area contributed by atoms with E-state index in [0.29, 0.717) is 18.7 Å². The van der Waals surface area contributed by atoms with Crippen LogP contribution in [-0.2, 0) is 6.54 Å². The Kier molecular flexibility index (Phi) is 5.44. The number of carbonyl (C=O) groups excluding carboxylic acids is 1. The Hall–Kier alpha value is -3.73. The van der Waals surface area contributed by atoms with Gasteiger partial charge in [-0.15, -0.1) is 0 Å². The topological polar surface area (TPSA) is 55.2 Å². The number of hydrogen-bond acceptors (Lipinski definition) is 3. The number of fused-ring (bicyclic) bond motifs is 1. The van der Waals surface area contributed by atoms with E-state index < -0.39 is 0 Å². The minimum Gasteiger partial charge on any atom is -0.308 e. The van der Waals surface area contributed by atoms with Crippen LogP contribution in [0.4, 0.5) is 5.69 Å². The first-order valence-corrected chi connectivity index (χ1v) is 9.99. The van der Waals surface area contributed by atoms with Gasteiger partial charge >= 0.3 is 0 Å². The highest BCUT2D eigenvalue weighted by Gasteiger charge is 2.22. The van der Waals surface area contributed by atoms with E-state index in [0.717, 1.165) is 22.2 Å². The second-order valence-corrected chi connectivity index (χ2v) is 7.24. The minimum absolute atomic E-state index is 0.147. The van der Waals surface area contributed by atoms with Crippen LogP contribution in [0.5, 0.6) is 0 Å². The van der Waals surface area contributed by atoms with E-state index in [4.69, 9.17) is 0 Å². The first-order valence-electron chi connectivity index (χ1n) is 9.99. The summed E-state index contributed by atoms with van der Waals surface area (Å²) in [6.45, 7) is 4.74. The van der Waals surface area contributed by atoms with Crippen LogP contribution in [0.15, 0.2) is 83.8 Å². The van der Waals surface area contributed by atoms with E-state index in [1.165, 1.54) is 0 Å². The molecule has 0 radical (unpaired) electrons. The highest BCUT2D eigenvalue weighted by Crippen LogP contribution is 2.18. The van der Waals surface area contributed by atoms with Crippen molar-refractivity contribution in [2.75, 3.05) is 11.4 Å². The number of anilines is 1. The van der Waals surface area contributed by atoms with Gasteiger partial charge in [-0.25, -0.2) is 4.98 Å². The van der Waals surface area contributed by atoms with Gasteiger partial charge < -0.3 is 4.90 Å². The molecule has 2 aromatic heterocycles. The number of para-hydroxylation sites is 1. The maximum atomic E-state index is 13.4. The van der Waals surface area contributed by atoms with Crippen molar-refractivity contribution in [1.29, 1.82) is 0 Å².